The molecule has 0 N–H and O–H groups in total. The lowest BCUT2D eigenvalue weighted by Crippen LogP contribution is -1.81. The Kier molecular flexibility index (Phi) is 4.71. The van der Waals surface area contributed by atoms with E-state index in [9.17, 15) is 0 Å². The van der Waals surface area contributed by atoms with Crippen LogP contribution < -0.4 is 0 Å². The van der Waals surface area contributed by atoms with E-state index in [0.29, 0.717) is 26.9 Å². The Balaban J connectivity index is 1.70. The predicted octanol–water partition coefficient (Wildman–Crippen LogP) is 5.64. The van der Waals surface area contributed by atoms with Crippen LogP contribution in [0.4, 0.5) is 0 Å². The third-order valence-electron chi connectivity index (χ3n) is 3.02. The molecule has 0 aliphatic heterocycles. The summed E-state index contributed by atoms with van der Waals surface area (Å²) >= 11 is 13.4. The van der Waals surface area contributed by atoms with Gasteiger partial charge in [0.05, 0.1) is 10.0 Å². The first kappa shape index (κ1) is 15.4. The second kappa shape index (κ2) is 6.73. The number of rotatable bonds is 4. The lowest BCUT2D eigenvalue weighted by molar-refractivity contribution is 0.466. The predicted molar refractivity (Wildman–Crippen MR) is 90.5 cm³/mol. The molecule has 0 fully saturated rings. The third-order valence-corrected chi connectivity index (χ3v) is 4.65. The van der Waals surface area contributed by atoms with Crippen molar-refractivity contribution in [3.05, 3.63) is 63.6 Å². The van der Waals surface area contributed by atoms with Crippen molar-refractivity contribution in [2.45, 2.75) is 17.9 Å². The maximum atomic E-state index is 6.00. The average molecular weight is 351 g/mol. The average Bonchev–Trinajstić information content (AvgIpc) is 2.97. The maximum absolute atomic E-state index is 6.00. The summed E-state index contributed by atoms with van der Waals surface area (Å²) in [6, 6.07) is 13.5. The van der Waals surface area contributed by atoms with Crippen LogP contribution in [0, 0.1) is 6.92 Å². The molecule has 0 unspecified atom stereocenters. The largest absolute Gasteiger partial charge is 0.411 e. The fourth-order valence-electron chi connectivity index (χ4n) is 1.94. The third kappa shape index (κ3) is 3.64. The van der Waals surface area contributed by atoms with Crippen molar-refractivity contribution in [2.24, 2.45) is 0 Å². The van der Waals surface area contributed by atoms with Crippen molar-refractivity contribution in [1.29, 1.82) is 0 Å². The zero-order valence-corrected chi connectivity index (χ0v) is 14.0. The summed E-state index contributed by atoms with van der Waals surface area (Å²) < 4.78 is 5.68. The molecule has 3 aromatic rings. The van der Waals surface area contributed by atoms with Crippen LogP contribution in [0.5, 0.6) is 0 Å². The lowest BCUT2D eigenvalue weighted by Gasteiger charge is -2.00. The number of hydrogen-bond donors (Lipinski definition) is 0. The van der Waals surface area contributed by atoms with Crippen molar-refractivity contribution in [3.8, 4) is 11.5 Å². The minimum atomic E-state index is 0.528. The number of aromatic nitrogens is 2. The summed E-state index contributed by atoms with van der Waals surface area (Å²) in [6.07, 6.45) is 0. The second-order valence-electron chi connectivity index (χ2n) is 4.78. The number of nitrogens with zero attached hydrogens (tertiary/aromatic N) is 2. The van der Waals surface area contributed by atoms with Gasteiger partial charge in [-0.3, -0.25) is 0 Å². The SMILES string of the molecule is Cc1cccc(-c2nnc(SCc3ccc(Cl)c(Cl)c3)o2)c1. The Labute approximate surface area is 142 Å². The van der Waals surface area contributed by atoms with Gasteiger partial charge in [0.15, 0.2) is 0 Å². The van der Waals surface area contributed by atoms with E-state index in [0.717, 1.165) is 16.7 Å². The van der Waals surface area contributed by atoms with Gasteiger partial charge in [-0.25, -0.2) is 0 Å². The lowest BCUT2D eigenvalue weighted by atomic mass is 10.1. The van der Waals surface area contributed by atoms with Crippen molar-refractivity contribution in [1.82, 2.24) is 10.2 Å². The van der Waals surface area contributed by atoms with Crippen LogP contribution in [0.2, 0.25) is 10.0 Å². The van der Waals surface area contributed by atoms with Crippen LogP contribution in [0.3, 0.4) is 0 Å². The molecule has 112 valence electrons. The van der Waals surface area contributed by atoms with E-state index >= 15 is 0 Å². The summed E-state index contributed by atoms with van der Waals surface area (Å²) in [4.78, 5) is 0. The highest BCUT2D eigenvalue weighted by molar-refractivity contribution is 7.98. The van der Waals surface area contributed by atoms with Crippen molar-refractivity contribution in [3.63, 3.8) is 0 Å². The van der Waals surface area contributed by atoms with Gasteiger partial charge >= 0.3 is 0 Å². The monoisotopic (exact) mass is 350 g/mol. The molecule has 3 nitrogen and oxygen atoms in total. The second-order valence-corrected chi connectivity index (χ2v) is 6.52. The van der Waals surface area contributed by atoms with E-state index < -0.39 is 0 Å². The Bertz CT molecular complexity index is 804. The fraction of sp³-hybridized carbons (Fsp3) is 0.125. The van der Waals surface area contributed by atoms with Gasteiger partial charge in [-0.05, 0) is 36.8 Å². The van der Waals surface area contributed by atoms with Crippen molar-refractivity contribution >= 4 is 35.0 Å². The summed E-state index contributed by atoms with van der Waals surface area (Å²) in [7, 11) is 0. The van der Waals surface area contributed by atoms with Crippen molar-refractivity contribution in [2.75, 3.05) is 0 Å². The van der Waals surface area contributed by atoms with Gasteiger partial charge in [0, 0.05) is 11.3 Å². The zero-order chi connectivity index (χ0) is 15.5. The molecule has 0 bridgehead atoms. The molecule has 22 heavy (non-hydrogen) atoms. The molecule has 0 aliphatic rings. The molecular formula is C16H12Cl2N2OS. The number of thioether (sulfide) groups is 1. The van der Waals surface area contributed by atoms with Crippen LogP contribution in [-0.2, 0) is 5.75 Å². The molecule has 0 amide bonds. The zero-order valence-electron chi connectivity index (χ0n) is 11.7. The molecule has 0 atom stereocenters. The first-order chi connectivity index (χ1) is 10.6. The molecule has 3 rings (SSSR count). The molecule has 2 aromatic carbocycles. The van der Waals surface area contributed by atoms with Gasteiger partial charge in [-0.1, -0.05) is 58.7 Å². The molecular weight excluding hydrogens is 339 g/mol. The molecule has 0 saturated heterocycles. The number of hydrogen-bond acceptors (Lipinski definition) is 4. The van der Waals surface area contributed by atoms with E-state index in [1.165, 1.54) is 11.8 Å². The topological polar surface area (TPSA) is 38.9 Å². The minimum absolute atomic E-state index is 0.528. The van der Waals surface area contributed by atoms with E-state index in [-0.39, 0.29) is 0 Å². The Morgan fingerprint density at radius 2 is 1.91 bits per heavy atom. The van der Waals surface area contributed by atoms with E-state index in [4.69, 9.17) is 27.6 Å². The van der Waals surface area contributed by atoms with Gasteiger partial charge in [0.2, 0.25) is 5.89 Å². The molecule has 0 saturated carbocycles. The van der Waals surface area contributed by atoms with Gasteiger partial charge in [-0.2, -0.15) is 0 Å². The van der Waals surface area contributed by atoms with Gasteiger partial charge in [-0.15, -0.1) is 10.2 Å². The first-order valence-corrected chi connectivity index (χ1v) is 8.33. The standard InChI is InChI=1S/C16H12Cl2N2OS/c1-10-3-2-4-12(7-10)15-19-20-16(21-15)22-9-11-5-6-13(17)14(18)8-11/h2-8H,9H2,1H3. The number of halogens is 2. The highest BCUT2D eigenvalue weighted by Crippen LogP contribution is 2.28. The number of aryl methyl sites for hydroxylation is 1. The van der Waals surface area contributed by atoms with Gasteiger partial charge in [0.1, 0.15) is 0 Å². The summed E-state index contributed by atoms with van der Waals surface area (Å²) in [5.41, 5.74) is 3.13. The number of benzene rings is 2. The Hall–Kier alpha value is -1.49. The smallest absolute Gasteiger partial charge is 0.277 e. The highest BCUT2D eigenvalue weighted by Gasteiger charge is 2.09. The summed E-state index contributed by atoms with van der Waals surface area (Å²) in [5, 5.41) is 9.78. The maximum Gasteiger partial charge on any atom is 0.277 e. The van der Waals surface area contributed by atoms with Crippen LogP contribution >= 0.6 is 35.0 Å². The highest BCUT2D eigenvalue weighted by atomic mass is 35.5. The summed E-state index contributed by atoms with van der Waals surface area (Å²) in [5.74, 6) is 1.21. The minimum Gasteiger partial charge on any atom is -0.411 e. The van der Waals surface area contributed by atoms with Crippen molar-refractivity contribution < 1.29 is 4.42 Å². The first-order valence-electron chi connectivity index (χ1n) is 6.59. The Morgan fingerprint density at radius 1 is 1.05 bits per heavy atom. The van der Waals surface area contributed by atoms with Crippen LogP contribution in [-0.4, -0.2) is 10.2 Å². The Morgan fingerprint density at radius 3 is 2.68 bits per heavy atom. The van der Waals surface area contributed by atoms with Crippen LogP contribution in [0.15, 0.2) is 52.1 Å². The molecule has 0 spiro atoms. The molecule has 1 aromatic heterocycles. The molecule has 0 aliphatic carbocycles. The van der Waals surface area contributed by atoms with E-state index in [1.807, 2.05) is 43.3 Å². The van der Waals surface area contributed by atoms with E-state index in [2.05, 4.69) is 10.2 Å². The normalized spacial score (nSPS) is 10.9. The molecule has 1 heterocycles. The van der Waals surface area contributed by atoms with Gasteiger partial charge < -0.3 is 4.42 Å². The summed E-state index contributed by atoms with van der Waals surface area (Å²) in [6.45, 7) is 2.03. The molecule has 0 radical (unpaired) electrons. The van der Waals surface area contributed by atoms with Crippen LogP contribution in [0.1, 0.15) is 11.1 Å². The molecule has 6 heteroatoms. The fourth-order valence-corrected chi connectivity index (χ4v) is 2.96. The quantitative estimate of drug-likeness (QED) is 0.570. The van der Waals surface area contributed by atoms with Gasteiger partial charge in [0.25, 0.3) is 5.22 Å². The van der Waals surface area contributed by atoms with Crippen LogP contribution in [0.25, 0.3) is 11.5 Å². The van der Waals surface area contributed by atoms with E-state index in [1.54, 1.807) is 6.07 Å².